The minimum Gasteiger partial charge on any atom is -0.330 e. The van der Waals surface area contributed by atoms with E-state index in [1.165, 1.54) is 30.6 Å². The maximum absolute atomic E-state index is 5.75. The van der Waals surface area contributed by atoms with Gasteiger partial charge in [0.05, 0.1) is 5.69 Å². The first-order valence-electron chi connectivity index (χ1n) is 6.12. The Morgan fingerprint density at radius 1 is 1.56 bits per heavy atom. The lowest BCUT2D eigenvalue weighted by Crippen LogP contribution is -2.38. The van der Waals surface area contributed by atoms with Crippen molar-refractivity contribution in [3.63, 3.8) is 0 Å². The molecule has 88 valence electrons. The van der Waals surface area contributed by atoms with Gasteiger partial charge >= 0.3 is 0 Å². The first kappa shape index (κ1) is 11.6. The van der Waals surface area contributed by atoms with E-state index in [0.717, 1.165) is 19.6 Å². The Bertz CT molecular complexity index is 338. The van der Waals surface area contributed by atoms with Crippen LogP contribution in [0.1, 0.15) is 24.1 Å². The lowest BCUT2D eigenvalue weighted by Gasteiger charge is -2.32. The summed E-state index contributed by atoms with van der Waals surface area (Å²) in [5.74, 6) is 0.678. The Balaban J connectivity index is 1.97. The zero-order chi connectivity index (χ0) is 11.4. The van der Waals surface area contributed by atoms with E-state index in [0.29, 0.717) is 5.92 Å². The third-order valence-corrected chi connectivity index (χ3v) is 3.43. The number of aryl methyl sites for hydroxylation is 1. The summed E-state index contributed by atoms with van der Waals surface area (Å²) in [5, 5.41) is 0. The number of nitrogens with zero attached hydrogens (tertiary/aromatic N) is 2. The maximum atomic E-state index is 5.75. The average Bonchev–Trinajstić information content (AvgIpc) is 2.32. The Hall–Kier alpha value is -0.930. The highest BCUT2D eigenvalue weighted by Crippen LogP contribution is 2.17. The van der Waals surface area contributed by atoms with E-state index in [-0.39, 0.29) is 0 Å². The molecule has 0 aliphatic carbocycles. The summed E-state index contributed by atoms with van der Waals surface area (Å²) >= 11 is 0. The highest BCUT2D eigenvalue weighted by molar-refractivity contribution is 5.17. The summed E-state index contributed by atoms with van der Waals surface area (Å²) in [7, 11) is 0. The summed E-state index contributed by atoms with van der Waals surface area (Å²) < 4.78 is 0. The van der Waals surface area contributed by atoms with Crippen molar-refractivity contribution in [2.24, 2.45) is 11.7 Å². The molecule has 1 saturated heterocycles. The first-order valence-corrected chi connectivity index (χ1v) is 6.12. The summed E-state index contributed by atoms with van der Waals surface area (Å²) in [6.07, 6.45) is 4.44. The minimum absolute atomic E-state index is 0.678. The van der Waals surface area contributed by atoms with Crippen molar-refractivity contribution in [3.05, 3.63) is 29.6 Å². The fraction of sp³-hybridized carbons (Fsp3) is 0.615. The molecule has 1 unspecified atom stereocenters. The lowest BCUT2D eigenvalue weighted by atomic mass is 9.98. The quantitative estimate of drug-likeness (QED) is 0.839. The van der Waals surface area contributed by atoms with E-state index in [2.05, 4.69) is 22.9 Å². The normalized spacial score (nSPS) is 22.2. The van der Waals surface area contributed by atoms with Crippen LogP contribution in [0.25, 0.3) is 0 Å². The molecule has 1 fully saturated rings. The van der Waals surface area contributed by atoms with Crippen LogP contribution >= 0.6 is 0 Å². The Morgan fingerprint density at radius 2 is 2.44 bits per heavy atom. The molecule has 2 heterocycles. The summed E-state index contributed by atoms with van der Waals surface area (Å²) in [6, 6.07) is 4.13. The maximum Gasteiger partial charge on any atom is 0.0573 e. The Morgan fingerprint density at radius 3 is 3.19 bits per heavy atom. The molecule has 1 atom stereocenters. The number of piperidine rings is 1. The van der Waals surface area contributed by atoms with Gasteiger partial charge in [-0.05, 0) is 50.4 Å². The molecule has 2 N–H and O–H groups in total. The van der Waals surface area contributed by atoms with Gasteiger partial charge in [0, 0.05) is 19.3 Å². The third kappa shape index (κ3) is 2.80. The molecule has 1 aromatic heterocycles. The molecule has 16 heavy (non-hydrogen) atoms. The van der Waals surface area contributed by atoms with Crippen LogP contribution in [0.3, 0.4) is 0 Å². The summed E-state index contributed by atoms with van der Waals surface area (Å²) in [4.78, 5) is 6.93. The standard InChI is InChI=1S/C13H21N3/c1-11-4-2-6-15-13(11)10-16-7-3-5-12(8-14)9-16/h2,4,6,12H,3,5,7-10,14H2,1H3. The van der Waals surface area contributed by atoms with Gasteiger partial charge in [0.15, 0.2) is 0 Å². The summed E-state index contributed by atoms with van der Waals surface area (Å²) in [5.41, 5.74) is 8.24. The van der Waals surface area contributed by atoms with Crippen LogP contribution in [0, 0.1) is 12.8 Å². The Labute approximate surface area is 97.7 Å². The second kappa shape index (κ2) is 5.41. The van der Waals surface area contributed by atoms with E-state index >= 15 is 0 Å². The van der Waals surface area contributed by atoms with Crippen LogP contribution in [0.2, 0.25) is 0 Å². The van der Waals surface area contributed by atoms with Gasteiger partial charge in [-0.3, -0.25) is 9.88 Å². The molecule has 0 amide bonds. The Kier molecular flexibility index (Phi) is 3.91. The number of aromatic nitrogens is 1. The third-order valence-electron chi connectivity index (χ3n) is 3.43. The van der Waals surface area contributed by atoms with Crippen LogP contribution in [-0.2, 0) is 6.54 Å². The first-order chi connectivity index (χ1) is 7.79. The van der Waals surface area contributed by atoms with Crippen molar-refractivity contribution >= 4 is 0 Å². The molecule has 0 spiro atoms. The molecular weight excluding hydrogens is 198 g/mol. The van der Waals surface area contributed by atoms with Crippen molar-refractivity contribution in [3.8, 4) is 0 Å². The van der Waals surface area contributed by atoms with Crippen LogP contribution < -0.4 is 5.73 Å². The molecular formula is C13H21N3. The van der Waals surface area contributed by atoms with E-state index in [9.17, 15) is 0 Å². The molecule has 2 rings (SSSR count). The number of hydrogen-bond acceptors (Lipinski definition) is 3. The topological polar surface area (TPSA) is 42.2 Å². The smallest absolute Gasteiger partial charge is 0.0573 e. The second-order valence-corrected chi connectivity index (χ2v) is 4.75. The second-order valence-electron chi connectivity index (χ2n) is 4.75. The van der Waals surface area contributed by atoms with Gasteiger partial charge in [0.1, 0.15) is 0 Å². The van der Waals surface area contributed by atoms with Crippen LogP contribution in [0.4, 0.5) is 0 Å². The van der Waals surface area contributed by atoms with Gasteiger partial charge < -0.3 is 5.73 Å². The molecule has 1 aromatic rings. The summed E-state index contributed by atoms with van der Waals surface area (Å²) in [6.45, 7) is 6.24. The van der Waals surface area contributed by atoms with E-state index in [1.54, 1.807) is 0 Å². The predicted octanol–water partition coefficient (Wildman–Crippen LogP) is 1.56. The van der Waals surface area contributed by atoms with Gasteiger partial charge in [-0.15, -0.1) is 0 Å². The molecule has 0 radical (unpaired) electrons. The highest BCUT2D eigenvalue weighted by Gasteiger charge is 2.19. The molecule has 1 aliphatic heterocycles. The monoisotopic (exact) mass is 219 g/mol. The van der Waals surface area contributed by atoms with Crippen molar-refractivity contribution in [1.82, 2.24) is 9.88 Å². The highest BCUT2D eigenvalue weighted by atomic mass is 15.1. The predicted molar refractivity (Wildman–Crippen MR) is 66.0 cm³/mol. The number of nitrogens with two attached hydrogens (primary N) is 1. The van der Waals surface area contributed by atoms with Crippen LogP contribution in [0.15, 0.2) is 18.3 Å². The van der Waals surface area contributed by atoms with Crippen molar-refractivity contribution in [2.45, 2.75) is 26.3 Å². The molecule has 1 aliphatic rings. The fourth-order valence-corrected chi connectivity index (χ4v) is 2.38. The molecule has 3 heteroatoms. The average molecular weight is 219 g/mol. The molecule has 0 aromatic carbocycles. The molecule has 3 nitrogen and oxygen atoms in total. The van der Waals surface area contributed by atoms with Gasteiger partial charge in [0.2, 0.25) is 0 Å². The van der Waals surface area contributed by atoms with Gasteiger partial charge in [-0.25, -0.2) is 0 Å². The fourth-order valence-electron chi connectivity index (χ4n) is 2.38. The van der Waals surface area contributed by atoms with E-state index in [1.807, 2.05) is 12.3 Å². The van der Waals surface area contributed by atoms with Crippen LogP contribution in [0.5, 0.6) is 0 Å². The zero-order valence-electron chi connectivity index (χ0n) is 10.0. The largest absolute Gasteiger partial charge is 0.330 e. The van der Waals surface area contributed by atoms with Gasteiger partial charge in [0.25, 0.3) is 0 Å². The molecule has 0 bridgehead atoms. The van der Waals surface area contributed by atoms with E-state index < -0.39 is 0 Å². The van der Waals surface area contributed by atoms with Crippen LogP contribution in [-0.4, -0.2) is 29.5 Å². The number of likely N-dealkylation sites (tertiary alicyclic amines) is 1. The van der Waals surface area contributed by atoms with Crippen molar-refractivity contribution in [2.75, 3.05) is 19.6 Å². The van der Waals surface area contributed by atoms with E-state index in [4.69, 9.17) is 5.73 Å². The number of rotatable bonds is 3. The van der Waals surface area contributed by atoms with Crippen molar-refractivity contribution in [1.29, 1.82) is 0 Å². The number of pyridine rings is 1. The van der Waals surface area contributed by atoms with Crippen molar-refractivity contribution < 1.29 is 0 Å². The molecule has 0 saturated carbocycles. The van der Waals surface area contributed by atoms with Gasteiger partial charge in [-0.1, -0.05) is 6.07 Å². The minimum atomic E-state index is 0.678. The number of hydrogen-bond donors (Lipinski definition) is 1. The zero-order valence-corrected chi connectivity index (χ0v) is 10.0. The van der Waals surface area contributed by atoms with Gasteiger partial charge in [-0.2, -0.15) is 0 Å². The SMILES string of the molecule is Cc1cccnc1CN1CCCC(CN)C1. The lowest BCUT2D eigenvalue weighted by molar-refractivity contribution is 0.169.